The molecule has 134 valence electrons. The summed E-state index contributed by atoms with van der Waals surface area (Å²) in [5.74, 6) is -0.578. The zero-order chi connectivity index (χ0) is 18.9. The van der Waals surface area contributed by atoms with E-state index in [9.17, 15) is 18.0 Å². The third kappa shape index (κ3) is 3.58. The number of hydrogen-bond acceptors (Lipinski definition) is 4. The summed E-state index contributed by atoms with van der Waals surface area (Å²) in [6.45, 7) is 1.76. The summed E-state index contributed by atoms with van der Waals surface area (Å²) >= 11 is 0. The Hall–Kier alpha value is -3.16. The van der Waals surface area contributed by atoms with Crippen LogP contribution in [0.1, 0.15) is 27.3 Å². The molecule has 0 saturated carbocycles. The van der Waals surface area contributed by atoms with Gasteiger partial charge in [-0.2, -0.15) is 13.2 Å². The highest BCUT2D eigenvalue weighted by atomic mass is 19.4. The molecule has 0 aliphatic carbocycles. The maximum atomic E-state index is 13.3. The Balaban J connectivity index is 1.99. The number of nitrogens with one attached hydrogen (secondary N) is 1. The summed E-state index contributed by atoms with van der Waals surface area (Å²) in [7, 11) is 0. The van der Waals surface area contributed by atoms with Gasteiger partial charge in [-0.15, -0.1) is 0 Å². The lowest BCUT2D eigenvalue weighted by molar-refractivity contribution is -0.136. The van der Waals surface area contributed by atoms with Crippen LogP contribution >= 0.6 is 0 Å². The number of hydrogen-bond donors (Lipinski definition) is 2. The van der Waals surface area contributed by atoms with Crippen molar-refractivity contribution in [2.45, 2.75) is 19.6 Å². The number of carbonyl (C=O) groups excluding carboxylic acids is 1. The minimum atomic E-state index is -4.63. The van der Waals surface area contributed by atoms with Crippen molar-refractivity contribution in [1.29, 1.82) is 0 Å². The largest absolute Gasteiger partial charge is 0.418 e. The van der Waals surface area contributed by atoms with Crippen molar-refractivity contribution in [3.63, 3.8) is 0 Å². The van der Waals surface area contributed by atoms with E-state index < -0.39 is 17.6 Å². The van der Waals surface area contributed by atoms with Crippen molar-refractivity contribution in [2.75, 3.05) is 5.73 Å². The number of nitrogen functional groups attached to an aromatic ring is 1. The van der Waals surface area contributed by atoms with Crippen LogP contribution < -0.4 is 11.1 Å². The lowest BCUT2D eigenvalue weighted by Gasteiger charge is -2.14. The molecule has 2 aromatic heterocycles. The van der Waals surface area contributed by atoms with Crippen LogP contribution in [0.2, 0.25) is 0 Å². The normalized spacial score (nSPS) is 11.5. The van der Waals surface area contributed by atoms with Crippen molar-refractivity contribution in [3.05, 3.63) is 65.1 Å². The number of nitrogens with zero attached hydrogens (tertiary/aromatic N) is 2. The zero-order valence-corrected chi connectivity index (χ0v) is 13.8. The topological polar surface area (TPSA) is 80.9 Å². The van der Waals surface area contributed by atoms with Crippen LogP contribution in [0, 0.1) is 6.92 Å². The molecule has 0 fully saturated rings. The second-order valence-electron chi connectivity index (χ2n) is 5.79. The number of pyridine rings is 2. The molecule has 3 rings (SSSR count). The van der Waals surface area contributed by atoms with Crippen LogP contribution in [0.5, 0.6) is 0 Å². The molecule has 2 heterocycles. The van der Waals surface area contributed by atoms with E-state index >= 15 is 0 Å². The monoisotopic (exact) mass is 360 g/mol. The number of anilines is 1. The fourth-order valence-electron chi connectivity index (χ4n) is 2.61. The molecule has 0 atom stereocenters. The Morgan fingerprint density at radius 2 is 2.00 bits per heavy atom. The number of amides is 1. The third-order valence-electron chi connectivity index (χ3n) is 3.84. The Bertz CT molecular complexity index is 972. The molecule has 1 amide bonds. The van der Waals surface area contributed by atoms with Crippen molar-refractivity contribution < 1.29 is 18.0 Å². The van der Waals surface area contributed by atoms with Gasteiger partial charge >= 0.3 is 6.18 Å². The van der Waals surface area contributed by atoms with Crippen molar-refractivity contribution in [1.82, 2.24) is 15.3 Å². The first kappa shape index (κ1) is 17.7. The number of nitrogens with two attached hydrogens (primary N) is 1. The van der Waals surface area contributed by atoms with Crippen LogP contribution in [-0.4, -0.2) is 15.9 Å². The molecule has 1 aromatic carbocycles. The van der Waals surface area contributed by atoms with E-state index in [-0.39, 0.29) is 28.8 Å². The van der Waals surface area contributed by atoms with Crippen LogP contribution in [0.3, 0.4) is 0 Å². The maximum absolute atomic E-state index is 13.3. The van der Waals surface area contributed by atoms with Crippen molar-refractivity contribution in [3.8, 4) is 0 Å². The molecule has 0 spiro atoms. The number of benzene rings is 1. The van der Waals surface area contributed by atoms with Crippen LogP contribution in [0.15, 0.2) is 42.6 Å². The summed E-state index contributed by atoms with van der Waals surface area (Å²) < 4.78 is 40.0. The summed E-state index contributed by atoms with van der Waals surface area (Å²) in [6.07, 6.45) is -3.05. The number of alkyl halides is 3. The molecule has 26 heavy (non-hydrogen) atoms. The first-order valence-electron chi connectivity index (χ1n) is 7.72. The number of halogens is 3. The standard InChI is InChI=1S/C18H15F3N4O/c1-10-6-15(17(26)24-9-12-4-2-3-5-23-12)25-16-13(10)7-11(22)8-14(16)18(19,20)21/h2-8H,9,22H2,1H3,(H,24,26). The number of carbonyl (C=O) groups is 1. The highest BCUT2D eigenvalue weighted by Gasteiger charge is 2.34. The highest BCUT2D eigenvalue weighted by molar-refractivity contribution is 5.97. The zero-order valence-electron chi connectivity index (χ0n) is 13.8. The average Bonchev–Trinajstić information content (AvgIpc) is 2.59. The quantitative estimate of drug-likeness (QED) is 0.701. The molecule has 0 unspecified atom stereocenters. The second-order valence-corrected chi connectivity index (χ2v) is 5.79. The van der Waals surface area contributed by atoms with E-state index in [1.54, 1.807) is 31.3 Å². The van der Waals surface area contributed by atoms with Gasteiger partial charge in [0.25, 0.3) is 5.91 Å². The summed E-state index contributed by atoms with van der Waals surface area (Å²) in [6, 6.07) is 8.92. The molecule has 3 N–H and O–H groups in total. The van der Waals surface area contributed by atoms with Gasteiger partial charge in [0, 0.05) is 17.3 Å². The Labute approximate surface area is 147 Å². The molecule has 0 aliphatic heterocycles. The van der Waals surface area contributed by atoms with E-state index in [4.69, 9.17) is 5.73 Å². The minimum absolute atomic E-state index is 0.0120. The second kappa shape index (κ2) is 6.62. The van der Waals surface area contributed by atoms with Gasteiger partial charge in [0.15, 0.2) is 0 Å². The molecule has 0 radical (unpaired) electrons. The van der Waals surface area contributed by atoms with Gasteiger partial charge in [0.05, 0.1) is 23.3 Å². The van der Waals surface area contributed by atoms with Crippen molar-refractivity contribution >= 4 is 22.5 Å². The van der Waals surface area contributed by atoms with Crippen LogP contribution in [0.25, 0.3) is 10.9 Å². The summed E-state index contributed by atoms with van der Waals surface area (Å²) in [5.41, 5.74) is 5.33. The third-order valence-corrected chi connectivity index (χ3v) is 3.84. The van der Waals surface area contributed by atoms with Gasteiger partial charge in [0.1, 0.15) is 5.69 Å². The van der Waals surface area contributed by atoms with Gasteiger partial charge in [-0.3, -0.25) is 9.78 Å². The molecule has 8 heteroatoms. The predicted octanol–water partition coefficient (Wildman–Crippen LogP) is 3.47. The van der Waals surface area contributed by atoms with E-state index in [0.717, 1.165) is 6.07 Å². The van der Waals surface area contributed by atoms with Crippen molar-refractivity contribution in [2.24, 2.45) is 0 Å². The van der Waals surface area contributed by atoms with E-state index in [0.29, 0.717) is 11.3 Å². The van der Waals surface area contributed by atoms with Gasteiger partial charge in [0.2, 0.25) is 0 Å². The fraction of sp³-hybridized carbons (Fsp3) is 0.167. The SMILES string of the molecule is Cc1cc(C(=O)NCc2ccccn2)nc2c(C(F)(F)F)cc(N)cc12. The first-order valence-corrected chi connectivity index (χ1v) is 7.72. The van der Waals surface area contributed by atoms with Gasteiger partial charge < -0.3 is 11.1 Å². The predicted molar refractivity (Wildman–Crippen MR) is 91.3 cm³/mol. The van der Waals surface area contributed by atoms with E-state index in [1.807, 2.05) is 0 Å². The molecule has 0 saturated heterocycles. The number of aromatic nitrogens is 2. The Morgan fingerprint density at radius 3 is 2.65 bits per heavy atom. The number of aryl methyl sites for hydroxylation is 1. The fourth-order valence-corrected chi connectivity index (χ4v) is 2.61. The van der Waals surface area contributed by atoms with Gasteiger partial charge in [-0.25, -0.2) is 4.98 Å². The smallest absolute Gasteiger partial charge is 0.399 e. The molecule has 5 nitrogen and oxygen atoms in total. The maximum Gasteiger partial charge on any atom is 0.418 e. The number of rotatable bonds is 3. The molecule has 0 aliphatic rings. The van der Waals surface area contributed by atoms with E-state index in [1.165, 1.54) is 12.1 Å². The highest BCUT2D eigenvalue weighted by Crippen LogP contribution is 2.36. The molecular weight excluding hydrogens is 345 g/mol. The minimum Gasteiger partial charge on any atom is -0.399 e. The average molecular weight is 360 g/mol. The lowest BCUT2D eigenvalue weighted by Crippen LogP contribution is -2.24. The first-order chi connectivity index (χ1) is 12.3. The number of fused-ring (bicyclic) bond motifs is 1. The van der Waals surface area contributed by atoms with Crippen LogP contribution in [0.4, 0.5) is 18.9 Å². The Morgan fingerprint density at radius 1 is 1.23 bits per heavy atom. The van der Waals surface area contributed by atoms with E-state index in [2.05, 4.69) is 15.3 Å². The molecular formula is C18H15F3N4O. The molecule has 3 aromatic rings. The van der Waals surface area contributed by atoms with Gasteiger partial charge in [-0.1, -0.05) is 6.07 Å². The lowest BCUT2D eigenvalue weighted by atomic mass is 10.0. The summed E-state index contributed by atoms with van der Waals surface area (Å²) in [4.78, 5) is 20.4. The van der Waals surface area contributed by atoms with Gasteiger partial charge in [-0.05, 0) is 42.8 Å². The Kier molecular flexibility index (Phi) is 4.50. The summed E-state index contributed by atoms with van der Waals surface area (Å²) in [5, 5.41) is 2.87. The van der Waals surface area contributed by atoms with Crippen LogP contribution in [-0.2, 0) is 12.7 Å². The molecule has 0 bridgehead atoms.